The van der Waals surface area contributed by atoms with E-state index in [1.165, 1.54) is 30.4 Å². The van der Waals surface area contributed by atoms with Crippen LogP contribution in [0.3, 0.4) is 0 Å². The Morgan fingerprint density at radius 2 is 2.17 bits per heavy atom. The summed E-state index contributed by atoms with van der Waals surface area (Å²) >= 11 is 0. The molecule has 4 heteroatoms. The van der Waals surface area contributed by atoms with Gasteiger partial charge in [0.2, 0.25) is 5.95 Å². The molecule has 0 radical (unpaired) electrons. The van der Waals surface area contributed by atoms with Crippen molar-refractivity contribution < 1.29 is 4.39 Å². The van der Waals surface area contributed by atoms with Crippen LogP contribution in [-0.4, -0.2) is 14.5 Å². The van der Waals surface area contributed by atoms with E-state index in [0.717, 1.165) is 18.7 Å². The molecule has 1 aliphatic carbocycles. The minimum Gasteiger partial charge on any atom is -0.327 e. The van der Waals surface area contributed by atoms with Crippen molar-refractivity contribution in [1.82, 2.24) is 14.5 Å². The molecule has 94 valence electrons. The highest BCUT2D eigenvalue weighted by Crippen LogP contribution is 2.23. The Kier molecular flexibility index (Phi) is 2.86. The Morgan fingerprint density at radius 1 is 1.33 bits per heavy atom. The molecular formula is C14H16FN3. The number of pyridine rings is 1. The Morgan fingerprint density at radius 3 is 3.00 bits per heavy atom. The monoisotopic (exact) mass is 245 g/mol. The van der Waals surface area contributed by atoms with Crippen molar-refractivity contribution in [3.63, 3.8) is 0 Å². The molecule has 3 rings (SSSR count). The average molecular weight is 245 g/mol. The molecule has 0 aliphatic heterocycles. The van der Waals surface area contributed by atoms with E-state index in [9.17, 15) is 4.39 Å². The van der Waals surface area contributed by atoms with Crippen LogP contribution in [0.5, 0.6) is 0 Å². The fourth-order valence-corrected chi connectivity index (χ4v) is 2.65. The normalized spacial score (nSPS) is 14.6. The summed E-state index contributed by atoms with van der Waals surface area (Å²) in [6.45, 7) is 2.53. The third kappa shape index (κ3) is 1.92. The van der Waals surface area contributed by atoms with Gasteiger partial charge in [-0.25, -0.2) is 9.97 Å². The summed E-state index contributed by atoms with van der Waals surface area (Å²) in [5, 5.41) is 0. The van der Waals surface area contributed by atoms with Crippen molar-refractivity contribution in [2.75, 3.05) is 0 Å². The number of fused-ring (bicyclic) bond motifs is 1. The van der Waals surface area contributed by atoms with Gasteiger partial charge < -0.3 is 4.57 Å². The first-order chi connectivity index (χ1) is 8.75. The smallest absolute Gasteiger partial charge is 0.217 e. The van der Waals surface area contributed by atoms with Gasteiger partial charge in [-0.3, -0.25) is 0 Å². The number of hydrogen-bond acceptors (Lipinski definition) is 2. The number of halogens is 1. The minimum atomic E-state index is -0.379. The van der Waals surface area contributed by atoms with E-state index in [4.69, 9.17) is 0 Å². The molecule has 0 bridgehead atoms. The Labute approximate surface area is 106 Å². The Bertz CT molecular complexity index is 574. The summed E-state index contributed by atoms with van der Waals surface area (Å²) in [5.41, 5.74) is 3.11. The predicted octanol–water partition coefficient (Wildman–Crippen LogP) is 2.65. The van der Waals surface area contributed by atoms with Crippen molar-refractivity contribution in [2.24, 2.45) is 0 Å². The van der Waals surface area contributed by atoms with E-state index < -0.39 is 0 Å². The summed E-state index contributed by atoms with van der Waals surface area (Å²) in [5.74, 6) is 0.598. The van der Waals surface area contributed by atoms with E-state index in [0.29, 0.717) is 12.1 Å². The topological polar surface area (TPSA) is 30.7 Å². The van der Waals surface area contributed by atoms with Crippen LogP contribution in [-0.2, 0) is 19.4 Å². The molecule has 0 saturated carbocycles. The van der Waals surface area contributed by atoms with Gasteiger partial charge in [0.15, 0.2) is 0 Å². The maximum absolute atomic E-state index is 13.6. The fourth-order valence-electron chi connectivity index (χ4n) is 2.65. The highest BCUT2D eigenvalue weighted by Gasteiger charge is 2.18. The molecule has 0 amide bonds. The molecule has 0 aromatic carbocycles. The van der Waals surface area contributed by atoms with Gasteiger partial charge in [0.25, 0.3) is 0 Å². The lowest BCUT2D eigenvalue weighted by Gasteiger charge is -2.14. The maximum atomic E-state index is 13.6. The van der Waals surface area contributed by atoms with E-state index in [1.54, 1.807) is 12.1 Å². The fraction of sp³-hybridized carbons (Fsp3) is 0.429. The van der Waals surface area contributed by atoms with Crippen LogP contribution in [0.1, 0.15) is 35.6 Å². The first-order valence-corrected chi connectivity index (χ1v) is 6.40. The first kappa shape index (κ1) is 11.4. The second-order valence-electron chi connectivity index (χ2n) is 4.80. The number of nitrogens with zero attached hydrogens (tertiary/aromatic N) is 3. The zero-order chi connectivity index (χ0) is 12.5. The van der Waals surface area contributed by atoms with Crippen molar-refractivity contribution >= 4 is 0 Å². The third-order valence-corrected chi connectivity index (χ3v) is 3.59. The third-order valence-electron chi connectivity index (χ3n) is 3.59. The molecule has 0 atom stereocenters. The molecular weight excluding hydrogens is 229 g/mol. The molecule has 3 nitrogen and oxygen atoms in total. The molecule has 0 N–H and O–H groups in total. The molecule has 0 saturated heterocycles. The van der Waals surface area contributed by atoms with Crippen molar-refractivity contribution in [3.05, 3.63) is 47.1 Å². The second kappa shape index (κ2) is 4.52. The van der Waals surface area contributed by atoms with Gasteiger partial charge in [-0.2, -0.15) is 4.39 Å². The van der Waals surface area contributed by atoms with Crippen LogP contribution in [0.2, 0.25) is 0 Å². The zero-order valence-corrected chi connectivity index (χ0v) is 10.5. The number of aromatic nitrogens is 3. The maximum Gasteiger partial charge on any atom is 0.217 e. The highest BCUT2D eigenvalue weighted by molar-refractivity contribution is 5.22. The lowest BCUT2D eigenvalue weighted by atomic mass is 10.0. The summed E-state index contributed by atoms with van der Waals surface area (Å²) < 4.78 is 15.7. The van der Waals surface area contributed by atoms with Gasteiger partial charge in [0, 0.05) is 17.5 Å². The van der Waals surface area contributed by atoms with Crippen LogP contribution in [0.15, 0.2) is 18.3 Å². The van der Waals surface area contributed by atoms with Gasteiger partial charge in [-0.05, 0) is 38.7 Å². The van der Waals surface area contributed by atoms with Gasteiger partial charge in [0.05, 0.1) is 12.2 Å². The van der Waals surface area contributed by atoms with Crippen LogP contribution in [0, 0.1) is 12.9 Å². The van der Waals surface area contributed by atoms with Gasteiger partial charge in [-0.15, -0.1) is 0 Å². The first-order valence-electron chi connectivity index (χ1n) is 6.40. The summed E-state index contributed by atoms with van der Waals surface area (Å²) in [7, 11) is 0. The summed E-state index contributed by atoms with van der Waals surface area (Å²) in [6, 6.07) is 3.56. The number of aryl methyl sites for hydroxylation is 2. The van der Waals surface area contributed by atoms with E-state index in [-0.39, 0.29) is 5.95 Å². The largest absolute Gasteiger partial charge is 0.327 e. The molecule has 0 fully saturated rings. The van der Waals surface area contributed by atoms with E-state index in [2.05, 4.69) is 14.5 Å². The van der Waals surface area contributed by atoms with Crippen LogP contribution < -0.4 is 0 Å². The highest BCUT2D eigenvalue weighted by atomic mass is 19.1. The predicted molar refractivity (Wildman–Crippen MR) is 66.9 cm³/mol. The SMILES string of the molecule is Cc1nc2c(n1Cc1cccnc1F)CCCC2. The minimum absolute atomic E-state index is 0.379. The lowest BCUT2D eigenvalue weighted by Crippen LogP contribution is -2.11. The van der Waals surface area contributed by atoms with Crippen molar-refractivity contribution in [2.45, 2.75) is 39.2 Å². The molecule has 2 aromatic rings. The Hall–Kier alpha value is -1.71. The molecule has 18 heavy (non-hydrogen) atoms. The second-order valence-corrected chi connectivity index (χ2v) is 4.80. The molecule has 0 spiro atoms. The molecule has 2 aromatic heterocycles. The zero-order valence-electron chi connectivity index (χ0n) is 10.5. The van der Waals surface area contributed by atoms with Crippen LogP contribution >= 0.6 is 0 Å². The van der Waals surface area contributed by atoms with E-state index in [1.807, 2.05) is 6.92 Å². The quantitative estimate of drug-likeness (QED) is 0.761. The van der Waals surface area contributed by atoms with Crippen molar-refractivity contribution in [1.29, 1.82) is 0 Å². The lowest BCUT2D eigenvalue weighted by molar-refractivity contribution is 0.549. The standard InChI is InChI=1S/C14H16FN3/c1-10-17-12-6-2-3-7-13(12)18(10)9-11-5-4-8-16-14(11)15/h4-5,8H,2-3,6-7,9H2,1H3. The summed E-state index contributed by atoms with van der Waals surface area (Å²) in [6.07, 6.45) is 6.00. The van der Waals surface area contributed by atoms with Gasteiger partial charge in [-0.1, -0.05) is 6.07 Å². The molecule has 1 aliphatic rings. The molecule has 0 unspecified atom stereocenters. The Balaban J connectivity index is 1.98. The molecule has 2 heterocycles. The summed E-state index contributed by atoms with van der Waals surface area (Å²) in [4.78, 5) is 8.30. The number of rotatable bonds is 2. The number of imidazole rings is 1. The van der Waals surface area contributed by atoms with Gasteiger partial charge in [0.1, 0.15) is 5.82 Å². The van der Waals surface area contributed by atoms with Crippen LogP contribution in [0.4, 0.5) is 4.39 Å². The number of hydrogen-bond donors (Lipinski definition) is 0. The van der Waals surface area contributed by atoms with Crippen molar-refractivity contribution in [3.8, 4) is 0 Å². The average Bonchev–Trinajstić information content (AvgIpc) is 2.69. The van der Waals surface area contributed by atoms with Crippen LogP contribution in [0.25, 0.3) is 0 Å². The van der Waals surface area contributed by atoms with Gasteiger partial charge >= 0.3 is 0 Å². The van der Waals surface area contributed by atoms with E-state index >= 15 is 0 Å².